The minimum absolute atomic E-state index is 0.144. The summed E-state index contributed by atoms with van der Waals surface area (Å²) in [4.78, 5) is 16.2. The maximum atomic E-state index is 10.8. The second-order valence-corrected chi connectivity index (χ2v) is 4.47. The monoisotopic (exact) mass is 275 g/mol. The fourth-order valence-corrected chi connectivity index (χ4v) is 1.91. The van der Waals surface area contributed by atoms with Gasteiger partial charge in [-0.1, -0.05) is 18.2 Å². The van der Waals surface area contributed by atoms with Crippen molar-refractivity contribution in [2.24, 2.45) is 7.05 Å². The molecule has 1 N–H and O–H groups in total. The van der Waals surface area contributed by atoms with Crippen LogP contribution < -0.4 is 10.2 Å². The van der Waals surface area contributed by atoms with Gasteiger partial charge in [0, 0.05) is 32.9 Å². The lowest BCUT2D eigenvalue weighted by Crippen LogP contribution is -2.25. The molecule has 0 bridgehead atoms. The van der Waals surface area contributed by atoms with Crippen LogP contribution in [0.3, 0.4) is 0 Å². The highest BCUT2D eigenvalue weighted by atomic mass is 16.6. The summed E-state index contributed by atoms with van der Waals surface area (Å²) in [6, 6.07) is 9.96. The van der Waals surface area contributed by atoms with E-state index in [0.29, 0.717) is 12.4 Å². The summed E-state index contributed by atoms with van der Waals surface area (Å²) in [5.74, 6) is 0.284. The molecule has 0 aliphatic heterocycles. The first-order chi connectivity index (χ1) is 9.59. The van der Waals surface area contributed by atoms with Crippen molar-refractivity contribution >= 4 is 17.3 Å². The van der Waals surface area contributed by atoms with Crippen molar-refractivity contribution in [3.63, 3.8) is 0 Å². The average molecular weight is 275 g/mol. The molecule has 2 rings (SSSR count). The van der Waals surface area contributed by atoms with Crippen molar-refractivity contribution in [1.29, 1.82) is 0 Å². The van der Waals surface area contributed by atoms with Gasteiger partial charge in [-0.2, -0.15) is 0 Å². The summed E-state index contributed by atoms with van der Waals surface area (Å²) in [7, 11) is 3.71. The first kappa shape index (κ1) is 13.9. The van der Waals surface area contributed by atoms with Gasteiger partial charge in [-0.3, -0.25) is 4.57 Å². The molecule has 0 unspecified atom stereocenters. The van der Waals surface area contributed by atoms with E-state index in [1.165, 1.54) is 6.33 Å². The molecule has 0 spiro atoms. The molecule has 1 heterocycles. The maximum Gasteiger partial charge on any atom is 0.406 e. The summed E-state index contributed by atoms with van der Waals surface area (Å²) < 4.78 is 1.61. The Bertz CT molecular complexity index is 582. The quantitative estimate of drug-likeness (QED) is 0.643. The van der Waals surface area contributed by atoms with E-state index in [0.717, 1.165) is 12.2 Å². The Morgan fingerprint density at radius 3 is 2.75 bits per heavy atom. The minimum Gasteiger partial charge on any atom is -0.373 e. The van der Waals surface area contributed by atoms with Crippen LogP contribution in [0, 0.1) is 10.1 Å². The largest absolute Gasteiger partial charge is 0.406 e. The van der Waals surface area contributed by atoms with Gasteiger partial charge in [0.05, 0.1) is 0 Å². The number of imidazole rings is 1. The van der Waals surface area contributed by atoms with Gasteiger partial charge in [0.2, 0.25) is 12.1 Å². The smallest absolute Gasteiger partial charge is 0.373 e. The molecule has 0 atom stereocenters. The summed E-state index contributed by atoms with van der Waals surface area (Å²) in [6.45, 7) is 1.32. The van der Waals surface area contributed by atoms with Crippen molar-refractivity contribution < 1.29 is 4.92 Å². The zero-order chi connectivity index (χ0) is 14.5. The van der Waals surface area contributed by atoms with Crippen LogP contribution in [0.1, 0.15) is 0 Å². The van der Waals surface area contributed by atoms with Gasteiger partial charge in [0.25, 0.3) is 0 Å². The lowest BCUT2D eigenvalue weighted by molar-refractivity contribution is -0.388. The third-order valence-electron chi connectivity index (χ3n) is 3.03. The number of aryl methyl sites for hydroxylation is 1. The van der Waals surface area contributed by atoms with Crippen LogP contribution in [0.4, 0.5) is 17.3 Å². The zero-order valence-corrected chi connectivity index (χ0v) is 11.5. The molecule has 20 heavy (non-hydrogen) atoms. The minimum atomic E-state index is -0.483. The van der Waals surface area contributed by atoms with Gasteiger partial charge < -0.3 is 20.3 Å². The molecule has 0 saturated carbocycles. The summed E-state index contributed by atoms with van der Waals surface area (Å²) in [5, 5.41) is 13.9. The van der Waals surface area contributed by atoms with E-state index in [4.69, 9.17) is 0 Å². The van der Waals surface area contributed by atoms with Crippen molar-refractivity contribution in [2.75, 3.05) is 30.4 Å². The molecule has 0 amide bonds. The molecule has 0 fully saturated rings. The highest BCUT2D eigenvalue weighted by molar-refractivity contribution is 5.52. The molecule has 0 radical (unpaired) electrons. The molecule has 2 aromatic rings. The number of anilines is 2. The molecule has 1 aromatic heterocycles. The third kappa shape index (κ3) is 3.05. The molecule has 1 aromatic carbocycles. The van der Waals surface area contributed by atoms with E-state index < -0.39 is 4.92 Å². The number of benzene rings is 1. The topological polar surface area (TPSA) is 76.2 Å². The van der Waals surface area contributed by atoms with Gasteiger partial charge in [-0.15, -0.1) is 0 Å². The van der Waals surface area contributed by atoms with E-state index in [9.17, 15) is 10.1 Å². The highest BCUT2D eigenvalue weighted by Gasteiger charge is 2.19. The lowest BCUT2D eigenvalue weighted by Gasteiger charge is -2.19. The Kier molecular flexibility index (Phi) is 4.19. The third-order valence-corrected chi connectivity index (χ3v) is 3.03. The van der Waals surface area contributed by atoms with E-state index >= 15 is 0 Å². The molecular weight excluding hydrogens is 258 g/mol. The van der Waals surface area contributed by atoms with Crippen LogP contribution in [0.15, 0.2) is 36.7 Å². The van der Waals surface area contributed by atoms with Gasteiger partial charge in [0.1, 0.15) is 0 Å². The van der Waals surface area contributed by atoms with Crippen molar-refractivity contribution in [3.8, 4) is 0 Å². The zero-order valence-electron chi connectivity index (χ0n) is 11.5. The Morgan fingerprint density at radius 2 is 2.10 bits per heavy atom. The maximum absolute atomic E-state index is 10.8. The standard InChI is InChI=1S/C13H17N5O2/c1-16(11-6-4-3-5-7-11)9-8-14-12-13(18(19)20)15-10-17(12)2/h3-7,10,14H,8-9H2,1-2H3. The number of hydrogen-bond donors (Lipinski definition) is 1. The summed E-state index contributed by atoms with van der Waals surface area (Å²) in [5.41, 5.74) is 1.11. The lowest BCUT2D eigenvalue weighted by atomic mass is 10.3. The second-order valence-electron chi connectivity index (χ2n) is 4.47. The SMILES string of the molecule is CN(CCNc1c([N+](=O)[O-])ncn1C)c1ccccc1. The fraction of sp³-hybridized carbons (Fsp3) is 0.308. The Morgan fingerprint density at radius 1 is 1.40 bits per heavy atom. The number of aromatic nitrogens is 2. The van der Waals surface area contributed by atoms with Crippen molar-refractivity contribution in [2.45, 2.75) is 0 Å². The molecule has 7 heteroatoms. The number of likely N-dealkylation sites (N-methyl/N-ethyl adjacent to an activating group) is 1. The van der Waals surface area contributed by atoms with Gasteiger partial charge in [-0.05, 0) is 22.0 Å². The fourth-order valence-electron chi connectivity index (χ4n) is 1.91. The van der Waals surface area contributed by atoms with Crippen LogP contribution in [-0.4, -0.2) is 34.6 Å². The molecule has 7 nitrogen and oxygen atoms in total. The van der Waals surface area contributed by atoms with E-state index in [2.05, 4.69) is 15.2 Å². The summed E-state index contributed by atoms with van der Waals surface area (Å²) in [6.07, 6.45) is 1.43. The molecule has 0 aliphatic rings. The van der Waals surface area contributed by atoms with Crippen LogP contribution in [0.2, 0.25) is 0 Å². The Hall–Kier alpha value is -2.57. The van der Waals surface area contributed by atoms with E-state index in [1.54, 1.807) is 11.6 Å². The molecular formula is C13H17N5O2. The van der Waals surface area contributed by atoms with Crippen LogP contribution >= 0.6 is 0 Å². The predicted molar refractivity (Wildman–Crippen MR) is 78.1 cm³/mol. The van der Waals surface area contributed by atoms with Gasteiger partial charge >= 0.3 is 5.82 Å². The second kappa shape index (κ2) is 6.05. The Labute approximate surface area is 117 Å². The van der Waals surface area contributed by atoms with Crippen LogP contribution in [-0.2, 0) is 7.05 Å². The molecule has 0 aliphatic carbocycles. The molecule has 106 valence electrons. The Balaban J connectivity index is 1.93. The van der Waals surface area contributed by atoms with E-state index in [1.807, 2.05) is 37.4 Å². The predicted octanol–water partition coefficient (Wildman–Crippen LogP) is 1.88. The average Bonchev–Trinajstić information content (AvgIpc) is 2.81. The van der Waals surface area contributed by atoms with Crippen molar-refractivity contribution in [1.82, 2.24) is 9.55 Å². The number of nitrogens with one attached hydrogen (secondary N) is 1. The molecule has 0 saturated heterocycles. The van der Waals surface area contributed by atoms with Crippen LogP contribution in [0.25, 0.3) is 0 Å². The van der Waals surface area contributed by atoms with Crippen LogP contribution in [0.5, 0.6) is 0 Å². The number of hydrogen-bond acceptors (Lipinski definition) is 5. The number of nitrogens with zero attached hydrogens (tertiary/aromatic N) is 4. The number of rotatable bonds is 6. The van der Waals surface area contributed by atoms with Gasteiger partial charge in [-0.25, -0.2) is 0 Å². The summed E-state index contributed by atoms with van der Waals surface area (Å²) >= 11 is 0. The number of nitro groups is 1. The normalized spacial score (nSPS) is 10.3. The first-order valence-corrected chi connectivity index (χ1v) is 6.25. The highest BCUT2D eigenvalue weighted by Crippen LogP contribution is 2.20. The number of para-hydroxylation sites is 1. The first-order valence-electron chi connectivity index (χ1n) is 6.25. The van der Waals surface area contributed by atoms with Gasteiger partial charge in [0.15, 0.2) is 0 Å². The van der Waals surface area contributed by atoms with Crippen molar-refractivity contribution in [3.05, 3.63) is 46.8 Å². The van der Waals surface area contributed by atoms with E-state index in [-0.39, 0.29) is 5.82 Å².